The fourth-order valence-corrected chi connectivity index (χ4v) is 2.48. The van der Waals surface area contributed by atoms with Crippen LogP contribution in [0, 0.1) is 0 Å². The van der Waals surface area contributed by atoms with Crippen LogP contribution in [0.1, 0.15) is 6.92 Å². The first-order valence-electron chi connectivity index (χ1n) is 4.14. The van der Waals surface area contributed by atoms with Gasteiger partial charge < -0.3 is 5.73 Å². The Hall–Kier alpha value is -0.880. The van der Waals surface area contributed by atoms with E-state index in [1.165, 1.54) is 19.1 Å². The quantitative estimate of drug-likeness (QED) is 0.906. The number of benzene rings is 1. The van der Waals surface area contributed by atoms with Crippen LogP contribution in [0.4, 0.5) is 0 Å². The van der Waals surface area contributed by atoms with Crippen molar-refractivity contribution in [1.82, 2.24) is 0 Å². The Morgan fingerprint density at radius 3 is 2.20 bits per heavy atom. The monoisotopic (exact) mass is 291 g/mol. The van der Waals surface area contributed by atoms with Crippen LogP contribution in [0.5, 0.6) is 0 Å². The summed E-state index contributed by atoms with van der Waals surface area (Å²) in [5, 5.41) is -1.21. The molecule has 1 aromatic carbocycles. The molecule has 0 heterocycles. The highest BCUT2D eigenvalue weighted by atomic mass is 79.9. The Labute approximate surface area is 96.5 Å². The zero-order chi connectivity index (χ0) is 11.6. The molecule has 82 valence electrons. The van der Waals surface area contributed by atoms with Crippen LogP contribution in [0.3, 0.4) is 0 Å². The van der Waals surface area contributed by atoms with E-state index in [2.05, 4.69) is 15.9 Å². The first-order valence-corrected chi connectivity index (χ1v) is 6.48. The van der Waals surface area contributed by atoms with E-state index < -0.39 is 21.0 Å². The van der Waals surface area contributed by atoms with Gasteiger partial charge in [0.1, 0.15) is 5.25 Å². The number of carbonyl (C=O) groups excluding carboxylic acids is 1. The van der Waals surface area contributed by atoms with Gasteiger partial charge >= 0.3 is 0 Å². The van der Waals surface area contributed by atoms with Gasteiger partial charge in [-0.3, -0.25) is 4.79 Å². The lowest BCUT2D eigenvalue weighted by Crippen LogP contribution is -2.33. The molecule has 0 bridgehead atoms. The van der Waals surface area contributed by atoms with E-state index in [4.69, 9.17) is 5.73 Å². The Bertz CT molecular complexity index is 467. The maximum Gasteiger partial charge on any atom is 0.235 e. The van der Waals surface area contributed by atoms with Gasteiger partial charge in [0.05, 0.1) is 4.90 Å². The molecule has 2 N–H and O–H groups in total. The zero-order valence-corrected chi connectivity index (χ0v) is 10.4. The molecule has 0 aliphatic carbocycles. The highest BCUT2D eigenvalue weighted by Gasteiger charge is 2.27. The van der Waals surface area contributed by atoms with E-state index in [1.807, 2.05) is 0 Å². The van der Waals surface area contributed by atoms with Crippen molar-refractivity contribution < 1.29 is 13.2 Å². The SMILES string of the molecule is CC(C(N)=O)S(=O)(=O)c1ccc(Br)cc1. The Kier molecular flexibility index (Phi) is 3.51. The molecule has 1 aromatic rings. The lowest BCUT2D eigenvalue weighted by Gasteiger charge is -2.08. The molecule has 0 radical (unpaired) electrons. The van der Waals surface area contributed by atoms with Gasteiger partial charge in [0, 0.05) is 4.47 Å². The molecule has 1 atom stereocenters. The molecular weight excluding hydrogens is 282 g/mol. The molecule has 0 spiro atoms. The molecule has 0 aliphatic rings. The van der Waals surface area contributed by atoms with Crippen LogP contribution in [-0.2, 0) is 14.6 Å². The summed E-state index contributed by atoms with van der Waals surface area (Å²) in [4.78, 5) is 10.9. The zero-order valence-electron chi connectivity index (χ0n) is 7.98. The van der Waals surface area contributed by atoms with E-state index in [0.717, 1.165) is 4.47 Å². The second-order valence-corrected chi connectivity index (χ2v) is 6.23. The first-order chi connectivity index (χ1) is 6.85. The largest absolute Gasteiger partial charge is 0.369 e. The van der Waals surface area contributed by atoms with Crippen LogP contribution >= 0.6 is 15.9 Å². The fraction of sp³-hybridized carbons (Fsp3) is 0.222. The molecule has 1 unspecified atom stereocenters. The molecule has 0 aliphatic heterocycles. The maximum absolute atomic E-state index is 11.8. The van der Waals surface area contributed by atoms with Gasteiger partial charge in [0.25, 0.3) is 0 Å². The van der Waals surface area contributed by atoms with E-state index in [-0.39, 0.29) is 4.90 Å². The van der Waals surface area contributed by atoms with Crippen molar-refractivity contribution in [3.63, 3.8) is 0 Å². The fourth-order valence-electron chi connectivity index (χ4n) is 0.981. The van der Waals surface area contributed by atoms with Crippen molar-refractivity contribution in [3.8, 4) is 0 Å². The highest BCUT2D eigenvalue weighted by Crippen LogP contribution is 2.18. The predicted octanol–water partition coefficient (Wildman–Crippen LogP) is 1.10. The van der Waals surface area contributed by atoms with Crippen molar-refractivity contribution in [2.75, 3.05) is 0 Å². The van der Waals surface area contributed by atoms with Crippen LogP contribution in [0.15, 0.2) is 33.6 Å². The number of hydrogen-bond donors (Lipinski definition) is 1. The standard InChI is InChI=1S/C9H10BrNO3S/c1-6(9(11)12)15(13,14)8-4-2-7(10)3-5-8/h2-6H,1H3,(H2,11,12). The summed E-state index contributed by atoms with van der Waals surface area (Å²) in [6.07, 6.45) is 0. The maximum atomic E-state index is 11.8. The molecule has 6 heteroatoms. The van der Waals surface area contributed by atoms with E-state index in [0.29, 0.717) is 0 Å². The number of rotatable bonds is 3. The molecule has 1 amide bonds. The molecular formula is C9H10BrNO3S. The van der Waals surface area contributed by atoms with Crippen molar-refractivity contribution >= 4 is 31.7 Å². The van der Waals surface area contributed by atoms with Gasteiger partial charge in [-0.1, -0.05) is 15.9 Å². The average Bonchev–Trinajstić information content (AvgIpc) is 2.17. The summed E-state index contributed by atoms with van der Waals surface area (Å²) in [6.45, 7) is 1.28. The third-order valence-corrected chi connectivity index (χ3v) is 4.63. The third-order valence-electron chi connectivity index (χ3n) is 2.01. The second-order valence-electron chi connectivity index (χ2n) is 3.04. The summed E-state index contributed by atoms with van der Waals surface area (Å²) >= 11 is 3.19. The Morgan fingerprint density at radius 1 is 1.33 bits per heavy atom. The molecule has 0 saturated carbocycles. The molecule has 1 rings (SSSR count). The molecule has 0 fully saturated rings. The number of primary amides is 1. The van der Waals surface area contributed by atoms with Gasteiger partial charge in [-0.2, -0.15) is 0 Å². The second kappa shape index (κ2) is 4.32. The number of nitrogens with two attached hydrogens (primary N) is 1. The van der Waals surface area contributed by atoms with E-state index in [1.54, 1.807) is 12.1 Å². The lowest BCUT2D eigenvalue weighted by atomic mass is 10.4. The van der Waals surface area contributed by atoms with Gasteiger partial charge in [-0.25, -0.2) is 8.42 Å². The summed E-state index contributed by atoms with van der Waals surface area (Å²) in [5.41, 5.74) is 4.96. The predicted molar refractivity (Wildman–Crippen MR) is 60.0 cm³/mol. The molecule has 0 aromatic heterocycles. The number of sulfone groups is 1. The highest BCUT2D eigenvalue weighted by molar-refractivity contribution is 9.10. The van der Waals surface area contributed by atoms with E-state index in [9.17, 15) is 13.2 Å². The topological polar surface area (TPSA) is 77.2 Å². The Morgan fingerprint density at radius 2 is 1.80 bits per heavy atom. The van der Waals surface area contributed by atoms with Crippen LogP contribution in [-0.4, -0.2) is 19.6 Å². The van der Waals surface area contributed by atoms with Crippen LogP contribution in [0.25, 0.3) is 0 Å². The summed E-state index contributed by atoms with van der Waals surface area (Å²) < 4.78 is 24.3. The number of carbonyl (C=O) groups is 1. The first kappa shape index (κ1) is 12.2. The van der Waals surface area contributed by atoms with Crippen LogP contribution < -0.4 is 5.73 Å². The minimum atomic E-state index is -3.65. The van der Waals surface area contributed by atoms with Gasteiger partial charge in [0.15, 0.2) is 9.84 Å². The normalized spacial score (nSPS) is 13.5. The summed E-state index contributed by atoms with van der Waals surface area (Å²) in [7, 11) is -3.65. The van der Waals surface area contributed by atoms with Crippen molar-refractivity contribution in [2.24, 2.45) is 5.73 Å². The van der Waals surface area contributed by atoms with Crippen molar-refractivity contribution in [3.05, 3.63) is 28.7 Å². The molecule has 0 saturated heterocycles. The van der Waals surface area contributed by atoms with E-state index >= 15 is 0 Å². The van der Waals surface area contributed by atoms with Crippen molar-refractivity contribution in [2.45, 2.75) is 17.1 Å². The minimum Gasteiger partial charge on any atom is -0.369 e. The number of halogens is 1. The number of amides is 1. The lowest BCUT2D eigenvalue weighted by molar-refractivity contribution is -0.117. The van der Waals surface area contributed by atoms with Crippen LogP contribution in [0.2, 0.25) is 0 Å². The van der Waals surface area contributed by atoms with Crippen molar-refractivity contribution in [1.29, 1.82) is 0 Å². The molecule has 15 heavy (non-hydrogen) atoms. The average molecular weight is 292 g/mol. The smallest absolute Gasteiger partial charge is 0.235 e. The molecule has 4 nitrogen and oxygen atoms in total. The summed E-state index contributed by atoms with van der Waals surface area (Å²) in [6, 6.07) is 6.05. The van der Waals surface area contributed by atoms with Gasteiger partial charge in [-0.15, -0.1) is 0 Å². The number of hydrogen-bond acceptors (Lipinski definition) is 3. The van der Waals surface area contributed by atoms with Gasteiger partial charge in [0.2, 0.25) is 5.91 Å². The summed E-state index contributed by atoms with van der Waals surface area (Å²) in [5.74, 6) is -0.849. The third kappa shape index (κ3) is 2.57. The van der Waals surface area contributed by atoms with Gasteiger partial charge in [-0.05, 0) is 31.2 Å². The Balaban J connectivity index is 3.17. The minimum absolute atomic E-state index is 0.0944.